The van der Waals surface area contributed by atoms with E-state index in [0.29, 0.717) is 5.92 Å². The Kier molecular flexibility index (Phi) is 5.52. The van der Waals surface area contributed by atoms with Crippen LogP contribution in [0.3, 0.4) is 0 Å². The van der Waals surface area contributed by atoms with Crippen molar-refractivity contribution in [3.63, 3.8) is 0 Å². The molecule has 0 aliphatic heterocycles. The zero-order valence-corrected chi connectivity index (χ0v) is 13.7. The van der Waals surface area contributed by atoms with Gasteiger partial charge in [-0.15, -0.1) is 0 Å². The number of aliphatic carboxylic acids is 1. The summed E-state index contributed by atoms with van der Waals surface area (Å²) in [5, 5.41) is 13.4. The molecule has 0 aliphatic carbocycles. The third-order valence-corrected chi connectivity index (χ3v) is 3.73. The standard InChI is InChI=1S/C15H25N3O3/c1-9(2)8-18-11(4)13(10(3)16-18)7-14(19)17(6)12(5)15(20)21/h9,12H,7-8H2,1-6H3,(H,20,21). The Labute approximate surface area is 125 Å². The second-order valence-electron chi connectivity index (χ2n) is 5.92. The van der Waals surface area contributed by atoms with Crippen molar-refractivity contribution in [3.8, 4) is 0 Å². The van der Waals surface area contributed by atoms with Crippen LogP contribution < -0.4 is 0 Å². The number of amides is 1. The molecule has 1 N–H and O–H groups in total. The summed E-state index contributed by atoms with van der Waals surface area (Å²) in [6.45, 7) is 10.4. The highest BCUT2D eigenvalue weighted by molar-refractivity contribution is 5.84. The van der Waals surface area contributed by atoms with Gasteiger partial charge >= 0.3 is 5.97 Å². The zero-order chi connectivity index (χ0) is 16.3. The molecule has 1 heterocycles. The fourth-order valence-electron chi connectivity index (χ4n) is 2.17. The fraction of sp³-hybridized carbons (Fsp3) is 0.667. The van der Waals surface area contributed by atoms with Gasteiger partial charge in [0.1, 0.15) is 6.04 Å². The Balaban J connectivity index is 2.90. The van der Waals surface area contributed by atoms with E-state index in [-0.39, 0.29) is 12.3 Å². The summed E-state index contributed by atoms with van der Waals surface area (Å²) in [5.74, 6) is -0.740. The van der Waals surface area contributed by atoms with Crippen molar-refractivity contribution >= 4 is 11.9 Å². The van der Waals surface area contributed by atoms with Gasteiger partial charge in [-0.05, 0) is 26.7 Å². The molecule has 1 unspecified atom stereocenters. The van der Waals surface area contributed by atoms with Crippen LogP contribution in [0.25, 0.3) is 0 Å². The summed E-state index contributed by atoms with van der Waals surface area (Å²) < 4.78 is 1.92. The lowest BCUT2D eigenvalue weighted by Crippen LogP contribution is -2.41. The van der Waals surface area contributed by atoms with E-state index < -0.39 is 12.0 Å². The van der Waals surface area contributed by atoms with Gasteiger partial charge < -0.3 is 10.0 Å². The van der Waals surface area contributed by atoms with Crippen LogP contribution in [-0.2, 0) is 22.6 Å². The third kappa shape index (κ3) is 4.06. The van der Waals surface area contributed by atoms with Crippen LogP contribution in [0.15, 0.2) is 0 Å². The van der Waals surface area contributed by atoms with Crippen LogP contribution in [0, 0.1) is 19.8 Å². The van der Waals surface area contributed by atoms with Gasteiger partial charge in [0.05, 0.1) is 12.1 Å². The summed E-state index contributed by atoms with van der Waals surface area (Å²) >= 11 is 0. The molecule has 0 saturated carbocycles. The molecular weight excluding hydrogens is 270 g/mol. The predicted octanol–water partition coefficient (Wildman–Crippen LogP) is 1.63. The number of carbonyl (C=O) groups excluding carboxylic acids is 1. The lowest BCUT2D eigenvalue weighted by Gasteiger charge is -2.21. The number of rotatable bonds is 6. The molecule has 21 heavy (non-hydrogen) atoms. The minimum Gasteiger partial charge on any atom is -0.480 e. The Morgan fingerprint density at radius 2 is 1.86 bits per heavy atom. The van der Waals surface area contributed by atoms with E-state index in [4.69, 9.17) is 5.11 Å². The van der Waals surface area contributed by atoms with Crippen LogP contribution >= 0.6 is 0 Å². The number of aromatic nitrogens is 2. The lowest BCUT2D eigenvalue weighted by atomic mass is 10.1. The first-order chi connectivity index (χ1) is 9.65. The highest BCUT2D eigenvalue weighted by Crippen LogP contribution is 2.16. The second kappa shape index (κ2) is 6.74. The monoisotopic (exact) mass is 295 g/mol. The Morgan fingerprint density at radius 3 is 2.33 bits per heavy atom. The van der Waals surface area contributed by atoms with E-state index in [2.05, 4.69) is 18.9 Å². The molecule has 0 aliphatic rings. The minimum atomic E-state index is -1.00. The van der Waals surface area contributed by atoms with E-state index in [0.717, 1.165) is 23.5 Å². The third-order valence-electron chi connectivity index (χ3n) is 3.73. The van der Waals surface area contributed by atoms with E-state index >= 15 is 0 Å². The van der Waals surface area contributed by atoms with Gasteiger partial charge in [0.2, 0.25) is 5.91 Å². The van der Waals surface area contributed by atoms with Gasteiger partial charge in [-0.1, -0.05) is 13.8 Å². The Morgan fingerprint density at radius 1 is 1.29 bits per heavy atom. The molecule has 0 radical (unpaired) electrons. The number of hydrogen-bond donors (Lipinski definition) is 1. The van der Waals surface area contributed by atoms with Crippen molar-refractivity contribution in [2.24, 2.45) is 5.92 Å². The van der Waals surface area contributed by atoms with Gasteiger partial charge in [0.25, 0.3) is 0 Å². The van der Waals surface area contributed by atoms with Gasteiger partial charge in [-0.3, -0.25) is 9.48 Å². The number of carboxylic acid groups (broad SMARTS) is 1. The molecule has 118 valence electrons. The van der Waals surface area contributed by atoms with Gasteiger partial charge in [0, 0.05) is 24.8 Å². The largest absolute Gasteiger partial charge is 0.480 e. The van der Waals surface area contributed by atoms with Gasteiger partial charge in [-0.2, -0.15) is 5.10 Å². The average Bonchev–Trinajstić information content (AvgIpc) is 2.63. The normalized spacial score (nSPS) is 12.5. The first-order valence-corrected chi connectivity index (χ1v) is 7.16. The minimum absolute atomic E-state index is 0.184. The Hall–Kier alpha value is -1.85. The number of aryl methyl sites for hydroxylation is 1. The molecule has 6 nitrogen and oxygen atoms in total. The summed E-state index contributed by atoms with van der Waals surface area (Å²) in [7, 11) is 1.52. The van der Waals surface area contributed by atoms with Crippen molar-refractivity contribution in [1.82, 2.24) is 14.7 Å². The van der Waals surface area contributed by atoms with E-state index in [9.17, 15) is 9.59 Å². The molecule has 0 bridgehead atoms. The fourth-order valence-corrected chi connectivity index (χ4v) is 2.17. The van der Waals surface area contributed by atoms with Crippen LogP contribution in [0.2, 0.25) is 0 Å². The summed E-state index contributed by atoms with van der Waals surface area (Å²) in [6.07, 6.45) is 0.184. The van der Waals surface area contributed by atoms with Crippen LogP contribution in [0.5, 0.6) is 0 Å². The number of carbonyl (C=O) groups is 2. The molecule has 0 saturated heterocycles. The highest BCUT2D eigenvalue weighted by Gasteiger charge is 2.24. The van der Waals surface area contributed by atoms with E-state index in [1.165, 1.54) is 18.9 Å². The molecular formula is C15H25N3O3. The molecule has 1 aromatic rings. The maximum Gasteiger partial charge on any atom is 0.326 e. The lowest BCUT2D eigenvalue weighted by molar-refractivity contribution is -0.148. The second-order valence-corrected chi connectivity index (χ2v) is 5.92. The molecule has 0 spiro atoms. The van der Waals surface area contributed by atoms with E-state index in [1.807, 2.05) is 18.5 Å². The number of nitrogens with zero attached hydrogens (tertiary/aromatic N) is 3. The van der Waals surface area contributed by atoms with Crippen molar-refractivity contribution in [3.05, 3.63) is 17.0 Å². The number of carboxylic acids is 1. The summed E-state index contributed by atoms with van der Waals surface area (Å²) in [6, 6.07) is -0.830. The zero-order valence-electron chi connectivity index (χ0n) is 13.7. The van der Waals surface area contributed by atoms with Crippen molar-refractivity contribution in [1.29, 1.82) is 0 Å². The highest BCUT2D eigenvalue weighted by atomic mass is 16.4. The van der Waals surface area contributed by atoms with Crippen LogP contribution in [0.1, 0.15) is 37.7 Å². The summed E-state index contributed by atoms with van der Waals surface area (Å²) in [5.41, 5.74) is 2.70. The first-order valence-electron chi connectivity index (χ1n) is 7.16. The summed E-state index contributed by atoms with van der Waals surface area (Å²) in [4.78, 5) is 24.4. The number of likely N-dealkylation sites (N-methyl/N-ethyl adjacent to an activating group) is 1. The number of hydrogen-bond acceptors (Lipinski definition) is 3. The smallest absolute Gasteiger partial charge is 0.326 e. The maximum atomic E-state index is 12.2. The van der Waals surface area contributed by atoms with Gasteiger partial charge in [-0.25, -0.2) is 4.79 Å². The van der Waals surface area contributed by atoms with Crippen LogP contribution in [0.4, 0.5) is 0 Å². The Bertz CT molecular complexity index is 535. The van der Waals surface area contributed by atoms with Crippen molar-refractivity contribution in [2.75, 3.05) is 7.05 Å². The quantitative estimate of drug-likeness (QED) is 0.865. The van der Waals surface area contributed by atoms with Crippen molar-refractivity contribution in [2.45, 2.75) is 53.6 Å². The van der Waals surface area contributed by atoms with Gasteiger partial charge in [0.15, 0.2) is 0 Å². The topological polar surface area (TPSA) is 75.4 Å². The maximum absolute atomic E-state index is 12.2. The molecule has 1 rings (SSSR count). The molecule has 1 atom stereocenters. The molecule has 1 amide bonds. The SMILES string of the molecule is Cc1nn(CC(C)C)c(C)c1CC(=O)N(C)C(C)C(=O)O. The molecule has 0 aromatic carbocycles. The van der Waals surface area contributed by atoms with Crippen LogP contribution in [-0.4, -0.2) is 44.8 Å². The molecule has 1 aromatic heterocycles. The predicted molar refractivity (Wildman–Crippen MR) is 80.1 cm³/mol. The molecule has 6 heteroatoms. The average molecular weight is 295 g/mol. The van der Waals surface area contributed by atoms with Crippen molar-refractivity contribution < 1.29 is 14.7 Å². The first kappa shape index (κ1) is 17.2. The van der Waals surface area contributed by atoms with E-state index in [1.54, 1.807) is 0 Å². The molecule has 0 fully saturated rings.